The predicted molar refractivity (Wildman–Crippen MR) is 112 cm³/mol. The molecule has 158 valence electrons. The van der Waals surface area contributed by atoms with Crippen molar-refractivity contribution >= 4 is 11.8 Å². The molecule has 4 rings (SSSR count). The number of ether oxygens (including phenoxy) is 2. The molecule has 0 radical (unpaired) electrons. The van der Waals surface area contributed by atoms with Gasteiger partial charge in [-0.1, -0.05) is 30.3 Å². The number of rotatable bonds is 7. The van der Waals surface area contributed by atoms with E-state index in [0.717, 1.165) is 38.4 Å². The van der Waals surface area contributed by atoms with Crippen LogP contribution in [-0.2, 0) is 22.6 Å². The number of hydrogen-bond donors (Lipinski definition) is 1. The molecule has 0 aliphatic carbocycles. The summed E-state index contributed by atoms with van der Waals surface area (Å²) in [5, 5.41) is 2.64. The highest BCUT2D eigenvalue weighted by Gasteiger charge is 2.22. The zero-order valence-electron chi connectivity index (χ0n) is 17.0. The van der Waals surface area contributed by atoms with Crippen molar-refractivity contribution in [3.8, 4) is 11.5 Å². The molecule has 0 spiro atoms. The first-order valence-corrected chi connectivity index (χ1v) is 10.4. The van der Waals surface area contributed by atoms with Crippen molar-refractivity contribution in [3.63, 3.8) is 0 Å². The summed E-state index contributed by atoms with van der Waals surface area (Å²) >= 11 is 0. The van der Waals surface area contributed by atoms with Gasteiger partial charge in [-0.25, -0.2) is 0 Å². The minimum Gasteiger partial charge on any atom is -0.493 e. The second-order valence-electron chi connectivity index (χ2n) is 7.58. The van der Waals surface area contributed by atoms with E-state index in [4.69, 9.17) is 9.47 Å². The summed E-state index contributed by atoms with van der Waals surface area (Å²) in [6.45, 7) is 4.54. The van der Waals surface area contributed by atoms with Gasteiger partial charge in [0, 0.05) is 39.1 Å². The van der Waals surface area contributed by atoms with Crippen LogP contribution in [0, 0.1) is 0 Å². The maximum atomic E-state index is 12.4. The number of hydrogen-bond acceptors (Lipinski definition) is 5. The first kappa shape index (κ1) is 20.2. The number of piperazine rings is 1. The molecule has 1 saturated heterocycles. The van der Waals surface area contributed by atoms with Crippen LogP contribution >= 0.6 is 0 Å². The average molecular weight is 409 g/mol. The molecular formula is C23H27N3O4. The highest BCUT2D eigenvalue weighted by molar-refractivity contribution is 5.85. The second kappa shape index (κ2) is 9.63. The first-order valence-electron chi connectivity index (χ1n) is 10.4. The Bertz CT molecular complexity index is 879. The topological polar surface area (TPSA) is 71.1 Å². The maximum absolute atomic E-state index is 12.4. The highest BCUT2D eigenvalue weighted by Crippen LogP contribution is 2.26. The third-order valence-electron chi connectivity index (χ3n) is 5.43. The standard InChI is InChI=1S/C23H27N3O4/c27-22(17-30-20-4-2-1-3-5-20)24-15-23(28)26-11-9-25(10-12-26)16-18-6-7-21-19(14-18)8-13-29-21/h1-7,14H,8-13,15-17H2,(H,24,27). The normalized spacial score (nSPS) is 15.9. The summed E-state index contributed by atoms with van der Waals surface area (Å²) in [7, 11) is 0. The van der Waals surface area contributed by atoms with E-state index in [1.807, 2.05) is 23.1 Å². The van der Waals surface area contributed by atoms with Crippen molar-refractivity contribution < 1.29 is 19.1 Å². The van der Waals surface area contributed by atoms with E-state index in [-0.39, 0.29) is 25.0 Å². The van der Waals surface area contributed by atoms with Gasteiger partial charge in [-0.05, 0) is 29.3 Å². The Balaban J connectivity index is 1.16. The summed E-state index contributed by atoms with van der Waals surface area (Å²) in [6, 6.07) is 15.5. The number of benzene rings is 2. The summed E-state index contributed by atoms with van der Waals surface area (Å²) in [5.74, 6) is 1.28. The first-order chi connectivity index (χ1) is 14.7. The Kier molecular flexibility index (Phi) is 6.49. The average Bonchev–Trinajstić information content (AvgIpc) is 3.25. The van der Waals surface area contributed by atoms with Crippen LogP contribution in [0.15, 0.2) is 48.5 Å². The molecule has 2 amide bonds. The Morgan fingerprint density at radius 3 is 2.63 bits per heavy atom. The molecule has 0 aromatic heterocycles. The van der Waals surface area contributed by atoms with Crippen molar-refractivity contribution in [1.82, 2.24) is 15.1 Å². The van der Waals surface area contributed by atoms with Gasteiger partial charge in [0.15, 0.2) is 6.61 Å². The molecule has 2 aromatic carbocycles. The largest absolute Gasteiger partial charge is 0.493 e. The number of amides is 2. The number of nitrogens with zero attached hydrogens (tertiary/aromatic N) is 2. The van der Waals surface area contributed by atoms with Crippen molar-refractivity contribution in [1.29, 1.82) is 0 Å². The highest BCUT2D eigenvalue weighted by atomic mass is 16.5. The lowest BCUT2D eigenvalue weighted by Crippen LogP contribution is -2.51. The van der Waals surface area contributed by atoms with E-state index in [2.05, 4.69) is 28.4 Å². The summed E-state index contributed by atoms with van der Waals surface area (Å²) in [5.41, 5.74) is 2.57. The fraction of sp³-hybridized carbons (Fsp3) is 0.391. The van der Waals surface area contributed by atoms with Gasteiger partial charge in [-0.2, -0.15) is 0 Å². The van der Waals surface area contributed by atoms with Crippen LogP contribution in [0.2, 0.25) is 0 Å². The quantitative estimate of drug-likeness (QED) is 0.750. The maximum Gasteiger partial charge on any atom is 0.258 e. The van der Waals surface area contributed by atoms with Crippen LogP contribution in [0.4, 0.5) is 0 Å². The zero-order valence-corrected chi connectivity index (χ0v) is 17.0. The molecule has 2 aliphatic heterocycles. The molecule has 1 fully saturated rings. The smallest absolute Gasteiger partial charge is 0.258 e. The molecule has 0 atom stereocenters. The molecular weight excluding hydrogens is 382 g/mol. The van der Waals surface area contributed by atoms with Crippen molar-refractivity contribution in [3.05, 3.63) is 59.7 Å². The Morgan fingerprint density at radius 2 is 1.83 bits per heavy atom. The second-order valence-corrected chi connectivity index (χ2v) is 7.58. The van der Waals surface area contributed by atoms with E-state index in [1.165, 1.54) is 11.1 Å². The number of fused-ring (bicyclic) bond motifs is 1. The fourth-order valence-corrected chi connectivity index (χ4v) is 3.75. The minimum atomic E-state index is -0.300. The van der Waals surface area contributed by atoms with Gasteiger partial charge in [0.2, 0.25) is 5.91 Å². The van der Waals surface area contributed by atoms with E-state index in [1.54, 1.807) is 12.1 Å². The van der Waals surface area contributed by atoms with Gasteiger partial charge in [-0.15, -0.1) is 0 Å². The van der Waals surface area contributed by atoms with Crippen LogP contribution in [0.5, 0.6) is 11.5 Å². The SMILES string of the molecule is O=C(COc1ccccc1)NCC(=O)N1CCN(Cc2ccc3c(c2)CCO3)CC1. The van der Waals surface area contributed by atoms with Gasteiger partial charge in [0.05, 0.1) is 13.2 Å². The van der Waals surface area contributed by atoms with Gasteiger partial charge >= 0.3 is 0 Å². The molecule has 30 heavy (non-hydrogen) atoms. The number of carbonyl (C=O) groups excluding carboxylic acids is 2. The molecule has 2 aliphatic rings. The monoisotopic (exact) mass is 409 g/mol. The Morgan fingerprint density at radius 1 is 1.03 bits per heavy atom. The fourth-order valence-electron chi connectivity index (χ4n) is 3.75. The van der Waals surface area contributed by atoms with E-state index in [0.29, 0.717) is 18.8 Å². The Hall–Kier alpha value is -3.06. The number of carbonyl (C=O) groups is 2. The van der Waals surface area contributed by atoms with Gasteiger partial charge < -0.3 is 19.7 Å². The predicted octanol–water partition coefficient (Wildman–Crippen LogP) is 1.46. The lowest BCUT2D eigenvalue weighted by Gasteiger charge is -2.34. The van der Waals surface area contributed by atoms with E-state index in [9.17, 15) is 9.59 Å². The molecule has 0 unspecified atom stereocenters. The molecule has 0 bridgehead atoms. The molecule has 2 heterocycles. The van der Waals surface area contributed by atoms with Crippen molar-refractivity contribution in [2.75, 3.05) is 45.9 Å². The van der Waals surface area contributed by atoms with E-state index < -0.39 is 0 Å². The van der Waals surface area contributed by atoms with Gasteiger partial charge in [0.25, 0.3) is 5.91 Å². The van der Waals surface area contributed by atoms with Crippen molar-refractivity contribution in [2.24, 2.45) is 0 Å². The molecule has 2 aromatic rings. The van der Waals surface area contributed by atoms with Crippen LogP contribution in [-0.4, -0.2) is 67.6 Å². The third kappa shape index (κ3) is 5.30. The van der Waals surface area contributed by atoms with E-state index >= 15 is 0 Å². The van der Waals surface area contributed by atoms with Crippen LogP contribution in [0.3, 0.4) is 0 Å². The molecule has 0 saturated carbocycles. The molecule has 7 heteroatoms. The lowest BCUT2D eigenvalue weighted by molar-refractivity contribution is -0.134. The van der Waals surface area contributed by atoms with Gasteiger partial charge in [0.1, 0.15) is 11.5 Å². The van der Waals surface area contributed by atoms with Crippen molar-refractivity contribution in [2.45, 2.75) is 13.0 Å². The number of nitrogens with one attached hydrogen (secondary N) is 1. The number of para-hydroxylation sites is 1. The van der Waals surface area contributed by atoms with Crippen LogP contribution in [0.1, 0.15) is 11.1 Å². The summed E-state index contributed by atoms with van der Waals surface area (Å²) in [4.78, 5) is 28.5. The Labute approximate surface area is 176 Å². The van der Waals surface area contributed by atoms with Crippen LogP contribution < -0.4 is 14.8 Å². The molecule has 7 nitrogen and oxygen atoms in total. The minimum absolute atomic E-state index is 0.00179. The summed E-state index contributed by atoms with van der Waals surface area (Å²) in [6.07, 6.45) is 0.980. The molecule has 1 N–H and O–H groups in total. The van der Waals surface area contributed by atoms with Gasteiger partial charge in [-0.3, -0.25) is 14.5 Å². The van der Waals surface area contributed by atoms with Crippen LogP contribution in [0.25, 0.3) is 0 Å². The summed E-state index contributed by atoms with van der Waals surface area (Å²) < 4.78 is 11.0. The third-order valence-corrected chi connectivity index (χ3v) is 5.43. The zero-order chi connectivity index (χ0) is 20.8. The lowest BCUT2D eigenvalue weighted by atomic mass is 10.1.